The van der Waals surface area contributed by atoms with E-state index in [1.807, 2.05) is 12.1 Å². The van der Waals surface area contributed by atoms with Gasteiger partial charge in [-0.3, -0.25) is 0 Å². The van der Waals surface area contributed by atoms with Crippen molar-refractivity contribution >= 4 is 14.5 Å². The fourth-order valence-corrected chi connectivity index (χ4v) is 0.794. The summed E-state index contributed by atoms with van der Waals surface area (Å²) in [5.41, 5.74) is 1.33. The summed E-state index contributed by atoms with van der Waals surface area (Å²) >= 11 is 0. The Labute approximate surface area is 71.9 Å². The van der Waals surface area contributed by atoms with Crippen molar-refractivity contribution in [3.63, 3.8) is 0 Å². The van der Waals surface area contributed by atoms with Crippen LogP contribution in [-0.2, 0) is 0 Å². The zero-order valence-electron chi connectivity index (χ0n) is 6.89. The molecule has 0 saturated carbocycles. The van der Waals surface area contributed by atoms with Gasteiger partial charge in [0.1, 0.15) is 0 Å². The molecule has 0 nitrogen and oxygen atoms in total. The van der Waals surface area contributed by atoms with Crippen molar-refractivity contribution in [2.75, 3.05) is 0 Å². The summed E-state index contributed by atoms with van der Waals surface area (Å²) in [6.07, 6.45) is 0. The van der Waals surface area contributed by atoms with E-state index < -0.39 is 0 Å². The van der Waals surface area contributed by atoms with Crippen molar-refractivity contribution < 1.29 is 20.3 Å². The monoisotopic (exact) mass is 132 g/mol. The summed E-state index contributed by atoms with van der Waals surface area (Å²) in [7, 11) is 2.69. The third-order valence-electron chi connectivity index (χ3n) is 1.19. The van der Waals surface area contributed by atoms with Crippen LogP contribution < -0.4 is 24.2 Å². The standard InChI is InChI=1S/C7H9P.Li.H/c1-6-4-2-3-5-7(6)8;;/h2-5H,8H2,1H3;;/q;+1;-1. The van der Waals surface area contributed by atoms with Crippen LogP contribution in [0.25, 0.3) is 0 Å². The van der Waals surface area contributed by atoms with E-state index in [9.17, 15) is 0 Å². The van der Waals surface area contributed by atoms with E-state index in [0.717, 1.165) is 0 Å². The molecule has 44 valence electrons. The van der Waals surface area contributed by atoms with Gasteiger partial charge in [0.05, 0.1) is 0 Å². The van der Waals surface area contributed by atoms with Gasteiger partial charge in [-0.25, -0.2) is 0 Å². The fourth-order valence-electron chi connectivity index (χ4n) is 0.587. The number of rotatable bonds is 0. The van der Waals surface area contributed by atoms with Crippen molar-refractivity contribution in [1.82, 2.24) is 0 Å². The molecule has 0 spiro atoms. The van der Waals surface area contributed by atoms with E-state index in [2.05, 4.69) is 28.3 Å². The van der Waals surface area contributed by atoms with Gasteiger partial charge < -0.3 is 1.43 Å². The normalized spacial score (nSPS) is 8.22. The Balaban J connectivity index is 0. The van der Waals surface area contributed by atoms with E-state index in [0.29, 0.717) is 0 Å². The van der Waals surface area contributed by atoms with Crippen LogP contribution >= 0.6 is 9.24 Å². The second-order valence-corrected chi connectivity index (χ2v) is 2.48. The molecule has 0 aliphatic heterocycles. The molecule has 0 aromatic heterocycles. The fraction of sp³-hybridized carbons (Fsp3) is 0.143. The van der Waals surface area contributed by atoms with Gasteiger partial charge in [-0.05, 0) is 17.8 Å². The van der Waals surface area contributed by atoms with Crippen LogP contribution in [-0.4, -0.2) is 0 Å². The smallest absolute Gasteiger partial charge is 1.00 e. The molecule has 1 unspecified atom stereocenters. The second-order valence-electron chi connectivity index (χ2n) is 1.86. The first kappa shape index (κ1) is 9.25. The molecule has 1 aromatic carbocycles. The minimum absolute atomic E-state index is 0. The number of hydrogen-bond donors (Lipinski definition) is 0. The summed E-state index contributed by atoms with van der Waals surface area (Å²) in [5.74, 6) is 0. The van der Waals surface area contributed by atoms with Gasteiger partial charge in [0.2, 0.25) is 0 Å². The average Bonchev–Trinajstić information content (AvgIpc) is 1.77. The van der Waals surface area contributed by atoms with Crippen LogP contribution in [0.3, 0.4) is 0 Å². The van der Waals surface area contributed by atoms with Gasteiger partial charge in [0.25, 0.3) is 0 Å². The predicted molar refractivity (Wildman–Crippen MR) is 41.6 cm³/mol. The SMILES string of the molecule is Cc1ccccc1P.[H-].[Li+]. The first-order valence-electron chi connectivity index (χ1n) is 2.62. The quantitative estimate of drug-likeness (QED) is 0.301. The van der Waals surface area contributed by atoms with Crippen LogP contribution in [0.2, 0.25) is 0 Å². The van der Waals surface area contributed by atoms with Gasteiger partial charge >= 0.3 is 18.9 Å². The molecule has 1 aromatic rings. The van der Waals surface area contributed by atoms with E-state index in [-0.39, 0.29) is 20.3 Å². The molecule has 0 amide bonds. The molecule has 1 atom stereocenters. The first-order chi connectivity index (χ1) is 3.80. The molecular weight excluding hydrogens is 122 g/mol. The Hall–Kier alpha value is 0.247. The van der Waals surface area contributed by atoms with Crippen LogP contribution in [0.1, 0.15) is 6.99 Å². The van der Waals surface area contributed by atoms with Gasteiger partial charge in [-0.15, -0.1) is 9.24 Å². The number of hydrogen-bond acceptors (Lipinski definition) is 0. The Morgan fingerprint density at radius 2 is 1.89 bits per heavy atom. The molecule has 1 rings (SSSR count). The van der Waals surface area contributed by atoms with Gasteiger partial charge in [0.15, 0.2) is 0 Å². The van der Waals surface area contributed by atoms with Crippen LogP contribution in [0.15, 0.2) is 24.3 Å². The second kappa shape index (κ2) is 4.13. The van der Waals surface area contributed by atoms with E-state index in [1.54, 1.807) is 0 Å². The maximum Gasteiger partial charge on any atom is 1.00 e. The molecule has 2 heteroatoms. The van der Waals surface area contributed by atoms with Crippen LogP contribution in [0.5, 0.6) is 0 Å². The predicted octanol–water partition coefficient (Wildman–Crippen LogP) is -1.39. The average molecular weight is 132 g/mol. The summed E-state index contributed by atoms with van der Waals surface area (Å²) < 4.78 is 0. The Bertz CT molecular complexity index is 170. The molecule has 0 heterocycles. The van der Waals surface area contributed by atoms with E-state index >= 15 is 0 Å². The Kier molecular flexibility index (Phi) is 4.24. The maximum atomic E-state index is 2.69. The zero-order valence-corrected chi connectivity index (χ0v) is 7.04. The van der Waals surface area contributed by atoms with Crippen LogP contribution in [0, 0.1) is 6.92 Å². The molecule has 0 bridgehead atoms. The first-order valence-corrected chi connectivity index (χ1v) is 3.19. The number of benzene rings is 1. The molecular formula is C7H10LiP. The van der Waals surface area contributed by atoms with Gasteiger partial charge in [-0.1, -0.05) is 24.3 Å². The van der Waals surface area contributed by atoms with Crippen molar-refractivity contribution in [1.29, 1.82) is 0 Å². The number of aryl methyl sites for hydroxylation is 1. The third-order valence-corrected chi connectivity index (χ3v) is 1.84. The third kappa shape index (κ3) is 2.54. The molecule has 0 radical (unpaired) electrons. The molecule has 0 N–H and O–H groups in total. The van der Waals surface area contributed by atoms with E-state index in [1.165, 1.54) is 10.9 Å². The van der Waals surface area contributed by atoms with Crippen molar-refractivity contribution in [3.8, 4) is 0 Å². The van der Waals surface area contributed by atoms with Gasteiger partial charge in [0, 0.05) is 0 Å². The largest absolute Gasteiger partial charge is 1.00 e. The van der Waals surface area contributed by atoms with Crippen molar-refractivity contribution in [2.45, 2.75) is 6.92 Å². The minimum Gasteiger partial charge on any atom is -1.00 e. The van der Waals surface area contributed by atoms with Gasteiger partial charge in [-0.2, -0.15) is 0 Å². The van der Waals surface area contributed by atoms with Crippen molar-refractivity contribution in [2.24, 2.45) is 0 Å². The topological polar surface area (TPSA) is 0 Å². The summed E-state index contributed by atoms with van der Waals surface area (Å²) in [4.78, 5) is 0. The maximum absolute atomic E-state index is 2.69. The zero-order chi connectivity index (χ0) is 5.98. The van der Waals surface area contributed by atoms with Crippen molar-refractivity contribution in [3.05, 3.63) is 29.8 Å². The Morgan fingerprint density at radius 3 is 2.22 bits per heavy atom. The van der Waals surface area contributed by atoms with Crippen LogP contribution in [0.4, 0.5) is 0 Å². The Morgan fingerprint density at radius 1 is 1.33 bits per heavy atom. The summed E-state index contributed by atoms with van der Waals surface area (Å²) in [6.45, 7) is 2.10. The molecule has 0 aliphatic rings. The summed E-state index contributed by atoms with van der Waals surface area (Å²) in [6, 6.07) is 8.26. The minimum atomic E-state index is 0. The van der Waals surface area contributed by atoms with E-state index in [4.69, 9.17) is 0 Å². The summed E-state index contributed by atoms with van der Waals surface area (Å²) in [5, 5.41) is 1.28. The molecule has 0 fully saturated rings. The molecule has 0 saturated heterocycles. The molecule has 9 heavy (non-hydrogen) atoms. The molecule has 0 aliphatic carbocycles.